The van der Waals surface area contributed by atoms with Crippen molar-refractivity contribution in [2.45, 2.75) is 40.3 Å². The van der Waals surface area contributed by atoms with E-state index in [1.807, 2.05) is 38.6 Å². The highest BCUT2D eigenvalue weighted by Crippen LogP contribution is 2.21. The van der Waals surface area contributed by atoms with E-state index in [4.69, 9.17) is 11.6 Å². The van der Waals surface area contributed by atoms with Crippen LogP contribution in [0.15, 0.2) is 6.20 Å². The van der Waals surface area contributed by atoms with E-state index in [-0.39, 0.29) is 17.6 Å². The summed E-state index contributed by atoms with van der Waals surface area (Å²) in [6.07, 6.45) is 1.95. The molecule has 1 atom stereocenters. The zero-order valence-electron chi connectivity index (χ0n) is 12.9. The third-order valence-electron chi connectivity index (χ3n) is 3.60. The topological polar surface area (TPSA) is 64.7 Å². The summed E-state index contributed by atoms with van der Waals surface area (Å²) in [5, 5.41) is 11.8. The van der Waals surface area contributed by atoms with Crippen molar-refractivity contribution in [3.8, 4) is 0 Å². The summed E-state index contributed by atoms with van der Waals surface area (Å²) in [4.78, 5) is 12.3. The van der Waals surface area contributed by atoms with E-state index in [2.05, 4.69) is 15.5 Å². The molecule has 7 heteroatoms. The number of hydrogen-bond acceptors (Lipinski definition) is 3. The summed E-state index contributed by atoms with van der Waals surface area (Å²) in [5.41, 5.74) is 2.93. The Morgan fingerprint density at radius 3 is 2.57 bits per heavy atom. The lowest BCUT2D eigenvalue weighted by molar-refractivity contribution is 0.0934. The van der Waals surface area contributed by atoms with Gasteiger partial charge >= 0.3 is 0 Å². The molecule has 0 aliphatic heterocycles. The molecule has 1 unspecified atom stereocenters. The number of nitrogens with zero attached hydrogens (tertiary/aromatic N) is 4. The number of carbonyl (C=O) groups is 1. The molecule has 0 saturated carbocycles. The maximum Gasteiger partial charge on any atom is 0.273 e. The molecule has 1 amide bonds. The molecule has 21 heavy (non-hydrogen) atoms. The fraction of sp³-hybridized carbons (Fsp3) is 0.500. The molecular weight excluding hydrogens is 290 g/mol. The molecule has 0 bridgehead atoms. The van der Waals surface area contributed by atoms with Gasteiger partial charge in [-0.15, -0.1) is 0 Å². The van der Waals surface area contributed by atoms with Crippen LogP contribution in [0.4, 0.5) is 0 Å². The van der Waals surface area contributed by atoms with E-state index < -0.39 is 0 Å². The highest BCUT2D eigenvalue weighted by atomic mass is 35.5. The summed E-state index contributed by atoms with van der Waals surface area (Å²) < 4.78 is 3.45. The predicted molar refractivity (Wildman–Crippen MR) is 81.5 cm³/mol. The molecular formula is C14H20ClN5O. The Bertz CT molecular complexity index is 673. The molecule has 0 saturated heterocycles. The van der Waals surface area contributed by atoms with Gasteiger partial charge in [0.25, 0.3) is 5.91 Å². The number of carbonyl (C=O) groups excluding carboxylic acids is 1. The SMILES string of the molecule is CCn1cc(C(C)NC(=O)c2nn(C)c(C)c2Cl)c(C)n1. The van der Waals surface area contributed by atoms with Gasteiger partial charge in [0.05, 0.1) is 22.5 Å². The molecule has 2 aromatic rings. The lowest BCUT2D eigenvalue weighted by Gasteiger charge is -2.12. The summed E-state index contributed by atoms with van der Waals surface area (Å²) in [7, 11) is 1.76. The van der Waals surface area contributed by atoms with Gasteiger partial charge in [0.1, 0.15) is 0 Å². The fourth-order valence-corrected chi connectivity index (χ4v) is 2.44. The maximum atomic E-state index is 12.3. The number of aryl methyl sites for hydroxylation is 3. The minimum Gasteiger partial charge on any atom is -0.344 e. The average molecular weight is 310 g/mol. The molecule has 0 aliphatic rings. The van der Waals surface area contributed by atoms with Crippen molar-refractivity contribution in [1.29, 1.82) is 0 Å². The van der Waals surface area contributed by atoms with Crippen LogP contribution in [0.2, 0.25) is 5.02 Å². The lowest BCUT2D eigenvalue weighted by Crippen LogP contribution is -2.27. The van der Waals surface area contributed by atoms with Crippen LogP contribution >= 0.6 is 11.6 Å². The van der Waals surface area contributed by atoms with Gasteiger partial charge in [-0.25, -0.2) is 0 Å². The first-order valence-electron chi connectivity index (χ1n) is 6.89. The number of hydrogen-bond donors (Lipinski definition) is 1. The molecule has 1 N–H and O–H groups in total. The van der Waals surface area contributed by atoms with Crippen LogP contribution in [0, 0.1) is 13.8 Å². The first-order valence-corrected chi connectivity index (χ1v) is 7.26. The third kappa shape index (κ3) is 2.95. The van der Waals surface area contributed by atoms with Gasteiger partial charge in [0, 0.05) is 25.4 Å². The van der Waals surface area contributed by atoms with Gasteiger partial charge < -0.3 is 5.32 Å². The van der Waals surface area contributed by atoms with Crippen molar-refractivity contribution >= 4 is 17.5 Å². The van der Waals surface area contributed by atoms with Crippen molar-refractivity contribution in [3.63, 3.8) is 0 Å². The number of halogens is 1. The van der Waals surface area contributed by atoms with E-state index in [0.717, 1.165) is 23.5 Å². The van der Waals surface area contributed by atoms with Crippen LogP contribution in [0.25, 0.3) is 0 Å². The maximum absolute atomic E-state index is 12.3. The Hall–Kier alpha value is -1.82. The quantitative estimate of drug-likeness (QED) is 0.943. The number of nitrogens with one attached hydrogen (secondary N) is 1. The fourth-order valence-electron chi connectivity index (χ4n) is 2.19. The second kappa shape index (κ2) is 5.89. The standard InChI is InChI=1S/C14H20ClN5O/c1-6-20-7-11(9(3)17-20)8(2)16-14(21)13-12(15)10(4)19(5)18-13/h7-8H,6H2,1-5H3,(H,16,21). The zero-order valence-corrected chi connectivity index (χ0v) is 13.7. The van der Waals surface area contributed by atoms with Crippen molar-refractivity contribution in [2.24, 2.45) is 7.05 Å². The molecule has 0 spiro atoms. The number of rotatable bonds is 4. The lowest BCUT2D eigenvalue weighted by atomic mass is 10.1. The summed E-state index contributed by atoms with van der Waals surface area (Å²) in [5.74, 6) is -0.278. The number of amides is 1. The Morgan fingerprint density at radius 2 is 2.10 bits per heavy atom. The highest BCUT2D eigenvalue weighted by molar-refractivity contribution is 6.34. The van der Waals surface area contributed by atoms with Crippen LogP contribution in [0.1, 0.15) is 47.3 Å². The molecule has 0 fully saturated rings. The second-order valence-corrected chi connectivity index (χ2v) is 5.47. The van der Waals surface area contributed by atoms with Crippen LogP contribution in [-0.2, 0) is 13.6 Å². The zero-order chi connectivity index (χ0) is 15.7. The van der Waals surface area contributed by atoms with Crippen LogP contribution in [0.5, 0.6) is 0 Å². The third-order valence-corrected chi connectivity index (χ3v) is 4.05. The Balaban J connectivity index is 2.18. The van der Waals surface area contributed by atoms with Crippen molar-refractivity contribution in [1.82, 2.24) is 24.9 Å². The van der Waals surface area contributed by atoms with Crippen LogP contribution in [-0.4, -0.2) is 25.5 Å². The van der Waals surface area contributed by atoms with Gasteiger partial charge in [-0.1, -0.05) is 11.6 Å². The minimum atomic E-state index is -0.278. The molecule has 2 aromatic heterocycles. The van der Waals surface area contributed by atoms with Gasteiger partial charge in [-0.3, -0.25) is 14.2 Å². The van der Waals surface area contributed by atoms with Crippen LogP contribution in [0.3, 0.4) is 0 Å². The highest BCUT2D eigenvalue weighted by Gasteiger charge is 2.21. The van der Waals surface area contributed by atoms with E-state index >= 15 is 0 Å². The molecule has 6 nitrogen and oxygen atoms in total. The Kier molecular flexibility index (Phi) is 4.37. The van der Waals surface area contributed by atoms with Gasteiger partial charge in [0.15, 0.2) is 5.69 Å². The monoisotopic (exact) mass is 309 g/mol. The number of aromatic nitrogens is 4. The normalized spacial score (nSPS) is 12.5. The molecule has 0 radical (unpaired) electrons. The summed E-state index contributed by atoms with van der Waals surface area (Å²) in [6.45, 7) is 8.50. The first kappa shape index (κ1) is 15.6. The molecule has 2 heterocycles. The van der Waals surface area contributed by atoms with Crippen molar-refractivity contribution in [3.05, 3.63) is 33.9 Å². The Labute approximate surface area is 129 Å². The van der Waals surface area contributed by atoms with E-state index in [0.29, 0.717) is 5.02 Å². The van der Waals surface area contributed by atoms with E-state index in [1.165, 1.54) is 0 Å². The molecule has 114 valence electrons. The molecule has 2 rings (SSSR count). The summed E-state index contributed by atoms with van der Waals surface area (Å²) in [6, 6.07) is -0.156. The smallest absolute Gasteiger partial charge is 0.273 e. The van der Waals surface area contributed by atoms with Crippen molar-refractivity contribution < 1.29 is 4.79 Å². The predicted octanol–water partition coefficient (Wildman–Crippen LogP) is 2.40. The average Bonchev–Trinajstić information content (AvgIpc) is 2.94. The van der Waals surface area contributed by atoms with Gasteiger partial charge in [0.2, 0.25) is 0 Å². The van der Waals surface area contributed by atoms with Gasteiger partial charge in [-0.2, -0.15) is 10.2 Å². The minimum absolute atomic E-state index is 0.156. The van der Waals surface area contributed by atoms with Gasteiger partial charge in [-0.05, 0) is 27.7 Å². The second-order valence-electron chi connectivity index (χ2n) is 5.09. The Morgan fingerprint density at radius 1 is 1.43 bits per heavy atom. The largest absolute Gasteiger partial charge is 0.344 e. The van der Waals surface area contributed by atoms with E-state index in [1.54, 1.807) is 11.7 Å². The molecule has 0 aliphatic carbocycles. The van der Waals surface area contributed by atoms with E-state index in [9.17, 15) is 4.79 Å². The first-order chi connectivity index (χ1) is 9.85. The van der Waals surface area contributed by atoms with Crippen LogP contribution < -0.4 is 5.32 Å². The summed E-state index contributed by atoms with van der Waals surface area (Å²) >= 11 is 6.14. The van der Waals surface area contributed by atoms with Crippen molar-refractivity contribution in [2.75, 3.05) is 0 Å². The molecule has 0 aromatic carbocycles.